The molecule has 2 atom stereocenters. The number of sulfonamides is 1. The molecule has 1 aliphatic heterocycles. The van der Waals surface area contributed by atoms with Crippen LogP contribution < -0.4 is 4.80 Å². The van der Waals surface area contributed by atoms with Crippen LogP contribution in [0, 0.1) is 13.8 Å². The number of rotatable bonds is 5. The molecule has 11 heteroatoms. The van der Waals surface area contributed by atoms with E-state index in [0.29, 0.717) is 4.80 Å². The van der Waals surface area contributed by atoms with Crippen LogP contribution in [0.15, 0.2) is 46.3 Å². The Labute approximate surface area is 214 Å². The summed E-state index contributed by atoms with van der Waals surface area (Å²) in [5, 5.41) is 0. The Balaban J connectivity index is 1.67. The van der Waals surface area contributed by atoms with Gasteiger partial charge in [-0.1, -0.05) is 11.3 Å². The molecule has 1 fully saturated rings. The number of benzene rings is 2. The van der Waals surface area contributed by atoms with Gasteiger partial charge in [0.05, 0.1) is 34.4 Å². The molecule has 9 nitrogen and oxygen atoms in total. The van der Waals surface area contributed by atoms with Crippen molar-refractivity contribution in [3.63, 3.8) is 0 Å². The Morgan fingerprint density at radius 3 is 2.31 bits per heavy atom. The predicted molar refractivity (Wildman–Crippen MR) is 136 cm³/mol. The van der Waals surface area contributed by atoms with Crippen LogP contribution >= 0.6 is 11.3 Å². The largest absolute Gasteiger partial charge is 0.468 e. The summed E-state index contributed by atoms with van der Waals surface area (Å²) < 4.78 is 40.6. The van der Waals surface area contributed by atoms with E-state index >= 15 is 0 Å². The number of aromatic nitrogens is 1. The monoisotopic (exact) mass is 531 g/mol. The number of carbonyl (C=O) groups is 2. The van der Waals surface area contributed by atoms with Crippen molar-refractivity contribution in [2.24, 2.45) is 4.99 Å². The maximum absolute atomic E-state index is 13.1. The lowest BCUT2D eigenvalue weighted by molar-refractivity contribution is -0.141. The number of ether oxygens (including phenoxy) is 2. The molecule has 0 aliphatic carbocycles. The number of aryl methyl sites for hydroxylation is 2. The van der Waals surface area contributed by atoms with Crippen molar-refractivity contribution in [2.45, 2.75) is 51.3 Å². The number of fused-ring (bicyclic) bond motifs is 1. The molecule has 3 aromatic rings. The van der Waals surface area contributed by atoms with Crippen molar-refractivity contribution in [3.8, 4) is 0 Å². The van der Waals surface area contributed by atoms with Gasteiger partial charge < -0.3 is 14.0 Å². The average molecular weight is 532 g/mol. The van der Waals surface area contributed by atoms with E-state index in [4.69, 9.17) is 9.47 Å². The highest BCUT2D eigenvalue weighted by Crippen LogP contribution is 2.23. The van der Waals surface area contributed by atoms with Crippen LogP contribution in [0.3, 0.4) is 0 Å². The minimum Gasteiger partial charge on any atom is -0.468 e. The summed E-state index contributed by atoms with van der Waals surface area (Å²) in [4.78, 5) is 29.8. The summed E-state index contributed by atoms with van der Waals surface area (Å²) in [6.45, 7) is 8.11. The Bertz CT molecular complexity index is 1480. The van der Waals surface area contributed by atoms with Crippen molar-refractivity contribution in [3.05, 3.63) is 57.9 Å². The molecule has 2 unspecified atom stereocenters. The topological polar surface area (TPSA) is 107 Å². The van der Waals surface area contributed by atoms with Gasteiger partial charge >= 0.3 is 5.97 Å². The third kappa shape index (κ3) is 5.29. The van der Waals surface area contributed by atoms with E-state index in [1.54, 1.807) is 4.57 Å². The molecule has 192 valence electrons. The maximum atomic E-state index is 13.1. The minimum absolute atomic E-state index is 0.0846. The normalized spacial score (nSPS) is 19.5. The summed E-state index contributed by atoms with van der Waals surface area (Å²) in [7, 11) is -2.41. The van der Waals surface area contributed by atoms with E-state index in [1.165, 1.54) is 47.0 Å². The number of nitrogens with zero attached hydrogens (tertiary/aromatic N) is 3. The second kappa shape index (κ2) is 10.3. The second-order valence-electron chi connectivity index (χ2n) is 8.97. The van der Waals surface area contributed by atoms with Crippen LogP contribution in [0.5, 0.6) is 0 Å². The van der Waals surface area contributed by atoms with Crippen molar-refractivity contribution < 1.29 is 27.5 Å². The van der Waals surface area contributed by atoms with Gasteiger partial charge in [-0.05, 0) is 75.2 Å². The molecule has 2 aromatic carbocycles. The highest BCUT2D eigenvalue weighted by Gasteiger charge is 2.32. The van der Waals surface area contributed by atoms with Crippen LogP contribution in [-0.2, 0) is 30.8 Å². The Hall–Kier alpha value is -2.86. The number of carbonyl (C=O) groups excluding carboxylic acids is 2. The zero-order valence-corrected chi connectivity index (χ0v) is 22.5. The van der Waals surface area contributed by atoms with Crippen molar-refractivity contribution in [1.29, 1.82) is 0 Å². The molecule has 0 bridgehead atoms. The van der Waals surface area contributed by atoms with E-state index in [-0.39, 0.29) is 42.3 Å². The molecule has 0 spiro atoms. The first kappa shape index (κ1) is 26.2. The quantitative estimate of drug-likeness (QED) is 0.469. The van der Waals surface area contributed by atoms with Gasteiger partial charge in [-0.15, -0.1) is 0 Å². The van der Waals surface area contributed by atoms with E-state index in [0.717, 1.165) is 21.3 Å². The third-order valence-corrected chi connectivity index (χ3v) is 9.02. The molecular formula is C25H29N3O6S2. The van der Waals surface area contributed by atoms with Crippen LogP contribution in [-0.4, -0.2) is 61.6 Å². The first-order valence-corrected chi connectivity index (χ1v) is 13.8. The van der Waals surface area contributed by atoms with Gasteiger partial charge in [0.2, 0.25) is 10.0 Å². The van der Waals surface area contributed by atoms with E-state index in [1.807, 2.05) is 39.8 Å². The van der Waals surface area contributed by atoms with Crippen LogP contribution in [0.25, 0.3) is 10.2 Å². The smallest absolute Gasteiger partial charge is 0.325 e. The van der Waals surface area contributed by atoms with Gasteiger partial charge in [0.1, 0.15) is 6.54 Å². The lowest BCUT2D eigenvalue weighted by Gasteiger charge is -2.34. The van der Waals surface area contributed by atoms with E-state index < -0.39 is 21.9 Å². The number of amides is 1. The number of thiazole rings is 1. The molecule has 0 radical (unpaired) electrons. The first-order chi connectivity index (χ1) is 17.0. The first-order valence-electron chi connectivity index (χ1n) is 11.5. The maximum Gasteiger partial charge on any atom is 0.325 e. The number of hydrogen-bond donors (Lipinski definition) is 0. The fourth-order valence-electron chi connectivity index (χ4n) is 4.15. The van der Waals surface area contributed by atoms with Gasteiger partial charge in [-0.3, -0.25) is 9.59 Å². The average Bonchev–Trinajstić information content (AvgIpc) is 3.14. The summed E-state index contributed by atoms with van der Waals surface area (Å²) in [6.07, 6.45) is -0.400. The van der Waals surface area contributed by atoms with Crippen molar-refractivity contribution in [1.82, 2.24) is 8.87 Å². The highest BCUT2D eigenvalue weighted by molar-refractivity contribution is 7.89. The molecule has 1 saturated heterocycles. The SMILES string of the molecule is COC(=O)Cn1c(=NC(=O)c2ccc(S(=O)(=O)N3CC(C)OC(C)C3)cc2)sc2cc(C)c(C)cc21. The summed E-state index contributed by atoms with van der Waals surface area (Å²) in [5.74, 6) is -0.991. The second-order valence-corrected chi connectivity index (χ2v) is 11.9. The Morgan fingerprint density at radius 2 is 1.69 bits per heavy atom. The molecule has 1 aromatic heterocycles. The molecule has 1 aliphatic rings. The Kier molecular flexibility index (Phi) is 7.46. The fourth-order valence-corrected chi connectivity index (χ4v) is 6.85. The molecular weight excluding hydrogens is 502 g/mol. The molecule has 2 heterocycles. The van der Waals surface area contributed by atoms with E-state index in [2.05, 4.69) is 4.99 Å². The van der Waals surface area contributed by atoms with Gasteiger partial charge in [0.25, 0.3) is 5.91 Å². The third-order valence-electron chi connectivity index (χ3n) is 6.14. The highest BCUT2D eigenvalue weighted by atomic mass is 32.2. The molecule has 0 saturated carbocycles. The van der Waals surface area contributed by atoms with Gasteiger partial charge in [0, 0.05) is 18.7 Å². The molecule has 1 amide bonds. The lowest BCUT2D eigenvalue weighted by Crippen LogP contribution is -2.48. The van der Waals surface area contributed by atoms with Gasteiger partial charge in [-0.2, -0.15) is 9.30 Å². The minimum atomic E-state index is -3.72. The lowest BCUT2D eigenvalue weighted by atomic mass is 10.1. The van der Waals surface area contributed by atoms with E-state index in [9.17, 15) is 18.0 Å². The van der Waals surface area contributed by atoms with Crippen LogP contribution in [0.4, 0.5) is 0 Å². The van der Waals surface area contributed by atoms with Crippen molar-refractivity contribution >= 4 is 43.5 Å². The summed E-state index contributed by atoms with van der Waals surface area (Å²) in [6, 6.07) is 9.71. The predicted octanol–water partition coefficient (Wildman–Crippen LogP) is 3.03. The summed E-state index contributed by atoms with van der Waals surface area (Å²) >= 11 is 1.30. The molecule has 4 rings (SSSR count). The van der Waals surface area contributed by atoms with Gasteiger partial charge in [-0.25, -0.2) is 8.42 Å². The molecule has 0 N–H and O–H groups in total. The zero-order chi connectivity index (χ0) is 26.2. The number of hydrogen-bond acceptors (Lipinski definition) is 7. The number of morpholine rings is 1. The van der Waals surface area contributed by atoms with Crippen molar-refractivity contribution in [2.75, 3.05) is 20.2 Å². The molecule has 36 heavy (non-hydrogen) atoms. The number of esters is 1. The standard InChI is InChI=1S/C25H29N3O6S2/c1-15-10-21-22(11-16(15)2)35-25(28(21)14-23(29)33-5)26-24(30)19-6-8-20(9-7-19)36(31,32)27-12-17(3)34-18(4)13-27/h6-11,17-18H,12-14H2,1-5H3. The fraction of sp³-hybridized carbons (Fsp3) is 0.400. The zero-order valence-electron chi connectivity index (χ0n) is 20.8. The van der Waals surface area contributed by atoms with Gasteiger partial charge in [0.15, 0.2) is 4.80 Å². The van der Waals surface area contributed by atoms with Crippen LogP contribution in [0.1, 0.15) is 35.3 Å². The summed E-state index contributed by atoms with van der Waals surface area (Å²) in [5.41, 5.74) is 3.17. The van der Waals surface area contributed by atoms with Crippen LogP contribution in [0.2, 0.25) is 0 Å². The number of methoxy groups -OCH3 is 1. The Morgan fingerprint density at radius 1 is 1.08 bits per heavy atom.